The number of carbonyl (C=O) groups is 2. The van der Waals surface area contributed by atoms with Crippen molar-refractivity contribution < 1.29 is 116 Å². The van der Waals surface area contributed by atoms with Gasteiger partial charge in [0.25, 0.3) is 40.5 Å². The van der Waals surface area contributed by atoms with Gasteiger partial charge in [0, 0.05) is 30.8 Å². The van der Waals surface area contributed by atoms with E-state index in [-0.39, 0.29) is 83.7 Å². The molecule has 31 heteroatoms. The van der Waals surface area contributed by atoms with Gasteiger partial charge in [-0.3, -0.25) is 43.6 Å². The largest absolute Gasteiger partial charge is 1.00 e. The maximum Gasteiger partial charge on any atom is 1.00 e. The molecular weight excluding hydrogens is 1030 g/mol. The summed E-state index contributed by atoms with van der Waals surface area (Å²) in [7, 11) is -17.8. The summed E-state index contributed by atoms with van der Waals surface area (Å²) in [5, 5.41) is 33.5. The summed E-state index contributed by atoms with van der Waals surface area (Å²) in [6.45, 7) is 1.75. The van der Waals surface area contributed by atoms with Gasteiger partial charge in [-0.25, -0.2) is 0 Å². The number of allylic oxidation sites excluding steroid dienone is 2. The van der Waals surface area contributed by atoms with Gasteiger partial charge in [0.1, 0.15) is 42.5 Å². The number of carbonyl (C=O) groups excluding carboxylic acids is 2. The van der Waals surface area contributed by atoms with Crippen LogP contribution in [0, 0.1) is 0 Å². The second-order valence-electron chi connectivity index (χ2n) is 14.4. The van der Waals surface area contributed by atoms with Crippen LogP contribution in [0.5, 0.6) is 11.5 Å². The van der Waals surface area contributed by atoms with Gasteiger partial charge in [-0.2, -0.15) is 43.9 Å². The molecule has 0 heterocycles. The molecule has 13 N–H and O–H groups in total. The SMILES string of the molecule is COc1cc(-c2ccc(N/N=C3\C=Cc4c(S(=O)(=O)O)cc(S(=O)(=O)O)c(N)c4C3=O)c(OC)c2)ccc1N/N=C1\C=Cc2c(S(=O)(=O)O)cc(S(=O)(=O)O)c(N)c2C1=O.OCCN(CCO)CCO.[Na+]. The number of benzene rings is 4. The van der Waals surface area contributed by atoms with E-state index in [4.69, 9.17) is 36.3 Å². The van der Waals surface area contributed by atoms with Gasteiger partial charge in [0.05, 0.1) is 67.9 Å². The summed E-state index contributed by atoms with van der Waals surface area (Å²) in [5.74, 6) is -1.72. The average molecular weight is 1080 g/mol. The van der Waals surface area contributed by atoms with E-state index in [9.17, 15) is 61.5 Å². The Morgan fingerprint density at radius 3 is 1.14 bits per heavy atom. The second kappa shape index (κ2) is 23.2. The van der Waals surface area contributed by atoms with Gasteiger partial charge >= 0.3 is 29.6 Å². The molecule has 26 nitrogen and oxygen atoms in total. The van der Waals surface area contributed by atoms with E-state index in [1.165, 1.54) is 26.4 Å². The second-order valence-corrected chi connectivity index (χ2v) is 20.0. The van der Waals surface area contributed by atoms with Crippen LogP contribution in [-0.2, 0) is 40.5 Å². The van der Waals surface area contributed by atoms with Crippen LogP contribution in [0.25, 0.3) is 23.3 Å². The number of anilines is 4. The van der Waals surface area contributed by atoms with Gasteiger partial charge in [-0.1, -0.05) is 24.3 Å². The van der Waals surface area contributed by atoms with Crippen molar-refractivity contribution in [1.29, 1.82) is 0 Å². The average Bonchev–Trinajstić information content (AvgIpc) is 3.27. The summed E-state index contributed by atoms with van der Waals surface area (Å²) in [6, 6.07) is 10.3. The zero-order valence-corrected chi connectivity index (χ0v) is 42.6. The number of aliphatic hydroxyl groups excluding tert-OH is 3. The third-order valence-electron chi connectivity index (χ3n) is 10.1. The van der Waals surface area contributed by atoms with E-state index >= 15 is 0 Å². The maximum atomic E-state index is 13.4. The molecule has 6 rings (SSSR count). The van der Waals surface area contributed by atoms with E-state index in [1.54, 1.807) is 29.2 Å². The van der Waals surface area contributed by atoms with Crippen LogP contribution < -0.4 is 61.3 Å². The molecule has 0 fully saturated rings. The third kappa shape index (κ3) is 13.2. The van der Waals surface area contributed by atoms with E-state index < -0.39 is 105 Å². The van der Waals surface area contributed by atoms with Crippen molar-refractivity contribution in [2.75, 3.05) is 76.0 Å². The molecule has 2 aliphatic carbocycles. The molecule has 0 unspecified atom stereocenters. The van der Waals surface area contributed by atoms with Crippen LogP contribution >= 0.6 is 0 Å². The first-order valence-corrected chi connectivity index (χ1v) is 25.3. The standard InChI is InChI=1S/C34H28N6O16S4.C6H15NO3.Na/c1-55-23-11-15(3-7-19(23)37-39-21-9-5-17-25(57(43,44)45)13-27(59(49,50)51)31(35)29(17)33(21)41)16-4-8-20(24(12-16)56-2)38-40-22-10-6-18-26(58(46,47)48)14-28(60(52,53)54)32(36)30(18)34(22)42;8-4-1-7(2-5-9)3-6-10;/h3-14,37-38H,35-36H2,1-2H3,(H,43,44,45)(H,46,47,48)(H,49,50,51)(H,52,53,54);8-10H,1-6H2;/q;;+1/b39-21+,40-22+;;. The molecule has 0 spiro atoms. The molecule has 2 aliphatic rings. The molecule has 0 radical (unpaired) electrons. The first kappa shape index (κ1) is 57.9. The van der Waals surface area contributed by atoms with Crippen LogP contribution in [0.3, 0.4) is 0 Å². The molecule has 0 aliphatic heterocycles. The fraction of sp³-hybridized carbons (Fsp3) is 0.200. The van der Waals surface area contributed by atoms with Gasteiger partial charge in [-0.15, -0.1) is 0 Å². The van der Waals surface area contributed by atoms with Crippen molar-refractivity contribution in [3.63, 3.8) is 0 Å². The predicted molar refractivity (Wildman–Crippen MR) is 252 cm³/mol. The number of nitrogens with two attached hydrogens (primary N) is 2. The molecule has 0 atom stereocenters. The minimum Gasteiger partial charge on any atom is -0.494 e. The van der Waals surface area contributed by atoms with Crippen molar-refractivity contribution >= 4 is 98.4 Å². The molecule has 0 bridgehead atoms. The Balaban J connectivity index is 0.000000896. The number of hydrazone groups is 2. The molecule has 4 aromatic rings. The Morgan fingerprint density at radius 2 is 0.859 bits per heavy atom. The van der Waals surface area contributed by atoms with E-state index in [0.717, 1.165) is 24.3 Å². The number of aliphatic hydroxyl groups is 3. The number of Topliss-reactive ketones (excluding diaryl/α,β-unsaturated/α-hetero) is 2. The molecular formula is C40H43N7NaO19S4+. The quantitative estimate of drug-likeness (QED) is 0.0239. The number of fused-ring (bicyclic) bond motifs is 2. The number of ketones is 2. The number of nitrogen functional groups attached to an aromatic ring is 2. The summed E-state index contributed by atoms with van der Waals surface area (Å²) >= 11 is 0. The molecule has 0 aromatic heterocycles. The van der Waals surface area contributed by atoms with E-state index in [1.807, 2.05) is 0 Å². The van der Waals surface area contributed by atoms with Crippen LogP contribution in [0.15, 0.2) is 90.5 Å². The Morgan fingerprint density at radius 1 is 0.535 bits per heavy atom. The van der Waals surface area contributed by atoms with Crippen molar-refractivity contribution in [3.05, 3.63) is 82.9 Å². The normalized spacial score (nSPS) is 14.6. The number of hydrogen-bond acceptors (Lipinski definition) is 22. The van der Waals surface area contributed by atoms with Gasteiger partial charge in [0.15, 0.2) is 0 Å². The van der Waals surface area contributed by atoms with Crippen molar-refractivity contribution in [3.8, 4) is 22.6 Å². The number of methoxy groups -OCH3 is 2. The smallest absolute Gasteiger partial charge is 0.494 e. The fourth-order valence-electron chi connectivity index (χ4n) is 6.84. The van der Waals surface area contributed by atoms with Gasteiger partial charge < -0.3 is 36.3 Å². The zero-order chi connectivity index (χ0) is 52.1. The third-order valence-corrected chi connectivity index (χ3v) is 13.7. The number of ether oxygens (including phenoxy) is 2. The van der Waals surface area contributed by atoms with Crippen LogP contribution in [0.4, 0.5) is 22.7 Å². The molecule has 0 saturated heterocycles. The Bertz CT molecular complexity index is 3140. The minimum atomic E-state index is -5.15. The summed E-state index contributed by atoms with van der Waals surface area (Å²) in [5.41, 5.74) is 14.0. The first-order valence-electron chi connectivity index (χ1n) is 19.6. The molecule has 0 saturated carbocycles. The summed E-state index contributed by atoms with van der Waals surface area (Å²) in [6.07, 6.45) is 4.29. The number of nitrogens with zero attached hydrogens (tertiary/aromatic N) is 3. The van der Waals surface area contributed by atoms with Gasteiger partial charge in [-0.05, 0) is 59.7 Å². The van der Waals surface area contributed by atoms with Crippen molar-refractivity contribution in [2.45, 2.75) is 19.6 Å². The molecule has 376 valence electrons. The van der Waals surface area contributed by atoms with Crippen molar-refractivity contribution in [2.24, 2.45) is 10.2 Å². The molecule has 0 amide bonds. The Kier molecular flexibility index (Phi) is 19.0. The number of nitrogens with one attached hydrogen (secondary N) is 2. The van der Waals surface area contributed by atoms with Crippen molar-refractivity contribution in [1.82, 2.24) is 4.90 Å². The fourth-order valence-corrected chi connectivity index (χ4v) is 9.71. The Hall–Kier alpha value is -5.68. The summed E-state index contributed by atoms with van der Waals surface area (Å²) < 4.78 is 145. The minimum absolute atomic E-state index is 0. The molecule has 71 heavy (non-hydrogen) atoms. The van der Waals surface area contributed by atoms with Gasteiger partial charge in [0.2, 0.25) is 11.6 Å². The number of rotatable bonds is 17. The van der Waals surface area contributed by atoms with Crippen LogP contribution in [0.1, 0.15) is 31.8 Å². The maximum absolute atomic E-state index is 13.4. The zero-order valence-electron chi connectivity index (χ0n) is 37.3. The Labute approximate surface area is 427 Å². The van der Waals surface area contributed by atoms with Crippen LogP contribution in [-0.4, -0.2) is 149 Å². The predicted octanol–water partition coefficient (Wildman–Crippen LogP) is -1.85. The number of hydrogen-bond donors (Lipinski definition) is 11. The van der Waals surface area contributed by atoms with E-state index in [0.29, 0.717) is 42.9 Å². The van der Waals surface area contributed by atoms with E-state index in [2.05, 4.69) is 21.1 Å². The topological polar surface area (TPSA) is 435 Å². The monoisotopic (exact) mass is 1080 g/mol. The summed E-state index contributed by atoms with van der Waals surface area (Å²) in [4.78, 5) is 24.4. The first-order chi connectivity index (χ1) is 32.7. The molecule has 4 aromatic carbocycles. The van der Waals surface area contributed by atoms with Crippen LogP contribution in [0.2, 0.25) is 0 Å².